The van der Waals surface area contributed by atoms with E-state index in [0.29, 0.717) is 42.1 Å². The highest BCUT2D eigenvalue weighted by Gasteiger charge is 2.68. The van der Waals surface area contributed by atoms with Gasteiger partial charge in [-0.05, 0) is 245 Å². The van der Waals surface area contributed by atoms with E-state index in [2.05, 4.69) is 120 Å². The van der Waals surface area contributed by atoms with Gasteiger partial charge in [0.15, 0.2) is 0 Å². The maximum Gasteiger partial charge on any atom is 0.340 e. The molecule has 5 aliphatic carbocycles. The molecule has 2 saturated carbocycles. The number of piperidine rings is 1. The Morgan fingerprint density at radius 1 is 0.844 bits per heavy atom. The highest BCUT2D eigenvalue weighted by Crippen LogP contribution is 2.72. The molecule has 11 unspecified atom stereocenters. The molecule has 4 aromatic carbocycles. The van der Waals surface area contributed by atoms with E-state index in [1.165, 1.54) is 16.7 Å². The summed E-state index contributed by atoms with van der Waals surface area (Å²) in [7, 11) is 4.05. The zero-order chi connectivity index (χ0) is 52.8. The number of allylic oxidation sites excluding steroid dienone is 5. The Hall–Kier alpha value is -5.62. The molecule has 14 bridgehead atoms. The van der Waals surface area contributed by atoms with E-state index in [-0.39, 0.29) is 65.5 Å². The third-order valence-corrected chi connectivity index (χ3v) is 20.2. The Morgan fingerprint density at radius 3 is 2.52 bits per heavy atom. The number of aliphatic hydroxyl groups is 1. The van der Waals surface area contributed by atoms with Crippen molar-refractivity contribution in [3.63, 3.8) is 0 Å². The molecular formula is C67H80N4O6. The van der Waals surface area contributed by atoms with Crippen LogP contribution in [0.3, 0.4) is 0 Å². The second-order valence-corrected chi connectivity index (χ2v) is 24.4. The van der Waals surface area contributed by atoms with Gasteiger partial charge >= 0.3 is 11.9 Å². The Balaban J connectivity index is 1.03. The van der Waals surface area contributed by atoms with Crippen LogP contribution in [-0.2, 0) is 44.9 Å². The van der Waals surface area contributed by atoms with Gasteiger partial charge in [0.1, 0.15) is 17.3 Å². The zero-order valence-corrected chi connectivity index (χ0v) is 45.6. The number of ether oxygens (including phenoxy) is 2. The van der Waals surface area contributed by atoms with E-state index in [9.17, 15) is 10.2 Å². The number of esters is 2. The Labute approximate surface area is 456 Å². The number of carbonyl (C=O) groups excluding carboxylic acids is 2. The molecule has 4 aromatic rings. The van der Waals surface area contributed by atoms with Crippen molar-refractivity contribution in [2.24, 2.45) is 58.2 Å². The van der Waals surface area contributed by atoms with Crippen molar-refractivity contribution < 1.29 is 29.3 Å². The number of rotatable bonds is 11. The number of carbonyl (C=O) groups is 2. The molecule has 6 N–H and O–H groups in total. The molecule has 77 heavy (non-hydrogen) atoms. The summed E-state index contributed by atoms with van der Waals surface area (Å²) in [4.78, 5) is 30.5. The number of phenolic OH excluding ortho intramolecular Hbond substituents is 1. The molecule has 0 aromatic heterocycles. The first-order valence-electron chi connectivity index (χ1n) is 29.4. The molecule has 11 atom stereocenters. The predicted molar refractivity (Wildman–Crippen MR) is 303 cm³/mol. The molecule has 5 heterocycles. The summed E-state index contributed by atoms with van der Waals surface area (Å²) in [6, 6.07) is 34.2. The number of hydrogen-bond acceptors (Lipinski definition) is 10. The van der Waals surface area contributed by atoms with Crippen molar-refractivity contribution in [3.05, 3.63) is 165 Å². The van der Waals surface area contributed by atoms with Gasteiger partial charge in [-0.3, -0.25) is 0 Å². The summed E-state index contributed by atoms with van der Waals surface area (Å²) in [6.45, 7) is 5.63. The predicted octanol–water partition coefficient (Wildman–Crippen LogP) is 10.8. The van der Waals surface area contributed by atoms with Gasteiger partial charge in [-0.15, -0.1) is 0 Å². The monoisotopic (exact) mass is 1040 g/mol. The van der Waals surface area contributed by atoms with Crippen molar-refractivity contribution in [1.82, 2.24) is 21.3 Å². The number of fused-ring (bicyclic) bond motifs is 5. The molecule has 10 nitrogen and oxygen atoms in total. The van der Waals surface area contributed by atoms with Crippen LogP contribution in [0.5, 0.6) is 5.75 Å². The van der Waals surface area contributed by atoms with Gasteiger partial charge in [0.05, 0.1) is 17.2 Å². The largest absolute Gasteiger partial charge is 0.508 e. The third-order valence-electron chi connectivity index (χ3n) is 20.2. The van der Waals surface area contributed by atoms with Crippen LogP contribution in [0, 0.1) is 58.2 Å². The smallest absolute Gasteiger partial charge is 0.340 e. The first kappa shape index (κ1) is 52.1. The molecule has 0 amide bonds. The van der Waals surface area contributed by atoms with Gasteiger partial charge in [0.2, 0.25) is 0 Å². The fraction of sp³-hybridized carbons (Fsp3) is 0.493. The van der Waals surface area contributed by atoms with Crippen LogP contribution in [0.25, 0.3) is 16.7 Å². The number of aliphatic hydroxyl groups excluding tert-OH is 1. The topological polar surface area (TPSA) is 141 Å². The minimum absolute atomic E-state index is 0.0379. The molecule has 14 rings (SSSR count). The van der Waals surface area contributed by atoms with Crippen LogP contribution < -0.4 is 21.3 Å². The van der Waals surface area contributed by atoms with E-state index >= 15 is 9.59 Å². The van der Waals surface area contributed by atoms with Gasteiger partial charge in [0, 0.05) is 30.2 Å². The minimum Gasteiger partial charge on any atom is -0.508 e. The Kier molecular flexibility index (Phi) is 14.8. The van der Waals surface area contributed by atoms with Crippen molar-refractivity contribution in [1.29, 1.82) is 0 Å². The molecule has 404 valence electrons. The molecule has 10 aliphatic rings. The van der Waals surface area contributed by atoms with Gasteiger partial charge in [-0.2, -0.15) is 0 Å². The van der Waals surface area contributed by atoms with Gasteiger partial charge in [-0.25, -0.2) is 9.59 Å². The molecular weight excluding hydrogens is 957 g/mol. The fourth-order valence-electron chi connectivity index (χ4n) is 16.8. The number of benzene rings is 4. The molecule has 0 radical (unpaired) electrons. The van der Waals surface area contributed by atoms with E-state index in [1.807, 2.05) is 25.2 Å². The van der Waals surface area contributed by atoms with Gasteiger partial charge < -0.3 is 41.0 Å². The van der Waals surface area contributed by atoms with Crippen LogP contribution in [0.1, 0.15) is 105 Å². The van der Waals surface area contributed by atoms with E-state index in [4.69, 9.17) is 9.47 Å². The number of phenols is 1. The second kappa shape index (κ2) is 21.9. The number of cyclic esters (lactones) is 1. The van der Waals surface area contributed by atoms with Crippen LogP contribution in [0.15, 0.2) is 137 Å². The van der Waals surface area contributed by atoms with Crippen molar-refractivity contribution >= 4 is 17.5 Å². The zero-order valence-electron chi connectivity index (χ0n) is 45.6. The molecule has 5 aliphatic heterocycles. The number of nitrogens with one attached hydrogen (secondary N) is 4. The van der Waals surface area contributed by atoms with Gasteiger partial charge in [-0.1, -0.05) is 85.8 Å². The molecule has 4 fully saturated rings. The summed E-state index contributed by atoms with van der Waals surface area (Å²) >= 11 is 0. The van der Waals surface area contributed by atoms with E-state index in [0.717, 1.165) is 148 Å². The van der Waals surface area contributed by atoms with Crippen LogP contribution in [0.4, 0.5) is 0 Å². The third kappa shape index (κ3) is 9.68. The first-order valence-corrected chi connectivity index (χ1v) is 29.4. The van der Waals surface area contributed by atoms with Crippen molar-refractivity contribution in [2.75, 3.05) is 40.3 Å². The lowest BCUT2D eigenvalue weighted by Gasteiger charge is -2.56. The summed E-state index contributed by atoms with van der Waals surface area (Å²) < 4.78 is 13.4. The average Bonchev–Trinajstić information content (AvgIpc) is 3.99. The SMILES string of the molecule is CCC(C=C1OC(=O)C2=C3c4cc(O)ccc4-c4cccc(c4)CNCCc4cccc(c4)CC4CC(C5CCNC(NC)C5)(CC=C5OC(=O)C6=C5CCC5C3CCC12C65)CC4CC(CO)CNC)Cc1ccccc1. The Bertz CT molecular complexity index is 3010. The highest BCUT2D eigenvalue weighted by atomic mass is 16.6. The lowest BCUT2D eigenvalue weighted by molar-refractivity contribution is -0.135. The van der Waals surface area contributed by atoms with Crippen LogP contribution in [-0.4, -0.2) is 68.7 Å². The lowest BCUT2D eigenvalue weighted by atomic mass is 9.44. The quantitative estimate of drug-likeness (QED) is 0.0805. The summed E-state index contributed by atoms with van der Waals surface area (Å²) in [5.74, 6) is 2.23. The standard InChI is InChI=1S/C67H80N4O6/c1-4-41(28-42-10-6-5-7-11-42)33-58-67-25-20-53-54-18-19-55-57(76-64(74)61(55)62(54)67)21-24-66(50-23-27-71-59(34-50)69-3)36-48(49(37-66)32-46(40-72)38-68-2)30-44-13-8-12-43(29-44)22-26-70-39-45-14-9-15-47(31-45)52-17-16-51(73)35-56(52)60(53)63(67)65(75)77-58/h5-17,21,29,31,33,35,41,46,48-50,53-54,59,62,68-73H,4,18-20,22-28,30,32,34,36-40H2,1-3H3. The molecule has 1 spiro atoms. The van der Waals surface area contributed by atoms with Crippen molar-refractivity contribution in [3.8, 4) is 16.9 Å². The summed E-state index contributed by atoms with van der Waals surface area (Å²) in [5, 5.41) is 36.7. The summed E-state index contributed by atoms with van der Waals surface area (Å²) in [5.41, 5.74) is 10.5. The fourth-order valence-corrected chi connectivity index (χ4v) is 16.8. The van der Waals surface area contributed by atoms with Crippen LogP contribution in [0.2, 0.25) is 0 Å². The van der Waals surface area contributed by atoms with E-state index in [1.54, 1.807) is 6.07 Å². The molecule has 2 saturated heterocycles. The van der Waals surface area contributed by atoms with Gasteiger partial charge in [0.25, 0.3) is 0 Å². The van der Waals surface area contributed by atoms with Crippen molar-refractivity contribution in [2.45, 2.75) is 110 Å². The summed E-state index contributed by atoms with van der Waals surface area (Å²) in [6.07, 6.45) is 17.5. The van der Waals surface area contributed by atoms with E-state index < -0.39 is 5.41 Å². The number of hydrogen-bond donors (Lipinski definition) is 6. The number of aromatic hydroxyl groups is 1. The highest BCUT2D eigenvalue weighted by molar-refractivity contribution is 6.07. The normalized spacial score (nSPS) is 31.1. The van der Waals surface area contributed by atoms with Crippen LogP contribution >= 0.6 is 0 Å². The molecule has 10 heteroatoms. The lowest BCUT2D eigenvalue weighted by Crippen LogP contribution is -2.52. The maximum absolute atomic E-state index is 15.3. The second-order valence-electron chi connectivity index (χ2n) is 24.4. The average molecular weight is 1040 g/mol. The first-order chi connectivity index (χ1) is 37.6. The minimum atomic E-state index is -0.885. The Morgan fingerprint density at radius 2 is 1.69 bits per heavy atom. The maximum atomic E-state index is 15.3.